The van der Waals surface area contributed by atoms with Gasteiger partial charge in [0.2, 0.25) is 5.89 Å². The summed E-state index contributed by atoms with van der Waals surface area (Å²) in [4.78, 5) is 0. The van der Waals surface area contributed by atoms with Gasteiger partial charge in [0.15, 0.2) is 0 Å². The number of halogens is 1. The molecule has 0 saturated heterocycles. The molecule has 0 spiro atoms. The number of nitrogens with one attached hydrogen (secondary N) is 1. The maximum absolute atomic E-state index is 5.55. The molecule has 0 radical (unpaired) electrons. The number of ether oxygens (including phenoxy) is 1. The molecule has 1 atom stereocenters. The molecule has 0 aliphatic carbocycles. The van der Waals surface area contributed by atoms with Gasteiger partial charge in [0.1, 0.15) is 5.88 Å². The highest BCUT2D eigenvalue weighted by atomic mass is 35.5. The largest absolute Gasteiger partial charge is 0.407 e. The molecule has 1 heterocycles. The topological polar surface area (TPSA) is 60.2 Å². The molecule has 5 nitrogen and oxygen atoms in total. The van der Waals surface area contributed by atoms with Gasteiger partial charge < -0.3 is 14.5 Å². The lowest BCUT2D eigenvalue weighted by Gasteiger charge is -2.19. The number of aromatic nitrogens is 2. The average molecular weight is 234 g/mol. The molecule has 1 aromatic rings. The lowest BCUT2D eigenvalue weighted by atomic mass is 10.1. The lowest BCUT2D eigenvalue weighted by Crippen LogP contribution is -2.30. The molecular formula is C9H16ClN3O2. The van der Waals surface area contributed by atoms with E-state index in [-0.39, 0.29) is 11.9 Å². The van der Waals surface area contributed by atoms with Crippen LogP contribution in [0.4, 0.5) is 6.01 Å². The van der Waals surface area contributed by atoms with E-state index in [1.54, 1.807) is 7.11 Å². The van der Waals surface area contributed by atoms with Gasteiger partial charge in [-0.3, -0.25) is 0 Å². The number of hydrogen-bond acceptors (Lipinski definition) is 5. The van der Waals surface area contributed by atoms with E-state index in [4.69, 9.17) is 20.8 Å². The van der Waals surface area contributed by atoms with Crippen LogP contribution in [0, 0.1) is 5.92 Å². The average Bonchev–Trinajstić information content (AvgIpc) is 2.65. The monoisotopic (exact) mass is 233 g/mol. The molecule has 0 fully saturated rings. The number of alkyl halides is 1. The van der Waals surface area contributed by atoms with E-state index in [0.717, 1.165) is 0 Å². The fourth-order valence-electron chi connectivity index (χ4n) is 1.10. The van der Waals surface area contributed by atoms with Crippen molar-refractivity contribution >= 4 is 17.6 Å². The fraction of sp³-hybridized carbons (Fsp3) is 0.778. The number of nitrogens with zero attached hydrogens (tertiary/aromatic N) is 2. The standard InChI is InChI=1S/C9H16ClN3O2/c1-6(2)7(5-14-3)11-9-13-12-8(4-10)15-9/h6-7H,4-5H2,1-3H3,(H,11,13). The summed E-state index contributed by atoms with van der Waals surface area (Å²) in [7, 11) is 1.66. The van der Waals surface area contributed by atoms with Gasteiger partial charge in [0.25, 0.3) is 0 Å². The molecule has 86 valence electrons. The number of anilines is 1. The van der Waals surface area contributed by atoms with Crippen LogP contribution in [0.2, 0.25) is 0 Å². The van der Waals surface area contributed by atoms with Crippen molar-refractivity contribution < 1.29 is 9.15 Å². The predicted molar refractivity (Wildman–Crippen MR) is 58.0 cm³/mol. The maximum atomic E-state index is 5.55. The Morgan fingerprint density at radius 3 is 2.67 bits per heavy atom. The van der Waals surface area contributed by atoms with E-state index in [9.17, 15) is 0 Å². The zero-order valence-corrected chi connectivity index (χ0v) is 9.91. The predicted octanol–water partition coefficient (Wildman–Crippen LogP) is 1.89. The first kappa shape index (κ1) is 12.3. The van der Waals surface area contributed by atoms with E-state index in [1.165, 1.54) is 0 Å². The van der Waals surface area contributed by atoms with Crippen molar-refractivity contribution in [2.75, 3.05) is 19.0 Å². The molecule has 0 amide bonds. The second-order valence-corrected chi connectivity index (χ2v) is 3.85. The Hall–Kier alpha value is -0.810. The third-order valence-electron chi connectivity index (χ3n) is 2.04. The minimum atomic E-state index is 0.152. The van der Waals surface area contributed by atoms with E-state index >= 15 is 0 Å². The van der Waals surface area contributed by atoms with Crippen LogP contribution in [0.3, 0.4) is 0 Å². The summed E-state index contributed by atoms with van der Waals surface area (Å²) in [6, 6.07) is 0.542. The highest BCUT2D eigenvalue weighted by molar-refractivity contribution is 6.16. The number of methoxy groups -OCH3 is 1. The second-order valence-electron chi connectivity index (χ2n) is 3.58. The quantitative estimate of drug-likeness (QED) is 0.761. The van der Waals surface area contributed by atoms with Crippen molar-refractivity contribution in [1.82, 2.24) is 10.2 Å². The summed E-state index contributed by atoms with van der Waals surface area (Å²) >= 11 is 5.55. The minimum Gasteiger partial charge on any atom is -0.407 e. The van der Waals surface area contributed by atoms with Crippen LogP contribution in [-0.4, -0.2) is 30.0 Å². The third-order valence-corrected chi connectivity index (χ3v) is 2.27. The van der Waals surface area contributed by atoms with Crippen molar-refractivity contribution in [1.29, 1.82) is 0 Å². The van der Waals surface area contributed by atoms with Crippen molar-refractivity contribution in [3.8, 4) is 0 Å². The Labute approximate surface area is 94.2 Å². The van der Waals surface area contributed by atoms with Gasteiger partial charge in [-0.1, -0.05) is 18.9 Å². The Balaban J connectivity index is 2.57. The molecule has 1 unspecified atom stereocenters. The molecule has 0 aromatic carbocycles. The van der Waals surface area contributed by atoms with Crippen molar-refractivity contribution in [3.63, 3.8) is 0 Å². The van der Waals surface area contributed by atoms with Gasteiger partial charge in [0, 0.05) is 7.11 Å². The smallest absolute Gasteiger partial charge is 0.315 e. The van der Waals surface area contributed by atoms with Crippen LogP contribution in [0.15, 0.2) is 4.42 Å². The third kappa shape index (κ3) is 3.68. The summed E-state index contributed by atoms with van der Waals surface area (Å²) in [5, 5.41) is 10.7. The van der Waals surface area contributed by atoms with Gasteiger partial charge >= 0.3 is 6.01 Å². The fourth-order valence-corrected chi connectivity index (χ4v) is 1.21. The van der Waals surface area contributed by atoms with Crippen LogP contribution in [0.5, 0.6) is 0 Å². The zero-order valence-electron chi connectivity index (χ0n) is 9.16. The van der Waals surface area contributed by atoms with E-state index < -0.39 is 0 Å². The molecular weight excluding hydrogens is 218 g/mol. The first-order valence-corrected chi connectivity index (χ1v) is 5.34. The van der Waals surface area contributed by atoms with Crippen molar-refractivity contribution in [2.24, 2.45) is 5.92 Å². The van der Waals surface area contributed by atoms with E-state index in [2.05, 4.69) is 29.4 Å². The summed E-state index contributed by atoms with van der Waals surface area (Å²) in [6.07, 6.45) is 0. The van der Waals surface area contributed by atoms with Gasteiger partial charge in [0.05, 0.1) is 12.6 Å². The molecule has 0 aliphatic heterocycles. The van der Waals surface area contributed by atoms with E-state index in [0.29, 0.717) is 24.4 Å². The molecule has 1 N–H and O–H groups in total. The first-order chi connectivity index (χ1) is 7.17. The van der Waals surface area contributed by atoms with Crippen LogP contribution >= 0.6 is 11.6 Å². The highest BCUT2D eigenvalue weighted by Crippen LogP contribution is 2.12. The van der Waals surface area contributed by atoms with Gasteiger partial charge in [-0.2, -0.15) is 0 Å². The number of hydrogen-bond donors (Lipinski definition) is 1. The van der Waals surface area contributed by atoms with Crippen molar-refractivity contribution in [2.45, 2.75) is 25.8 Å². The zero-order chi connectivity index (χ0) is 11.3. The molecule has 1 rings (SSSR count). The summed E-state index contributed by atoms with van der Waals surface area (Å²) in [5.41, 5.74) is 0. The van der Waals surface area contributed by atoms with Crippen LogP contribution < -0.4 is 5.32 Å². The van der Waals surface area contributed by atoms with Crippen molar-refractivity contribution in [3.05, 3.63) is 5.89 Å². The molecule has 0 aliphatic rings. The summed E-state index contributed by atoms with van der Waals surface area (Å²) in [6.45, 7) is 4.78. The Morgan fingerprint density at radius 2 is 2.20 bits per heavy atom. The van der Waals surface area contributed by atoms with E-state index in [1.807, 2.05) is 0 Å². The summed E-state index contributed by atoms with van der Waals surface area (Å²) < 4.78 is 10.3. The Bertz CT molecular complexity index is 291. The first-order valence-electron chi connectivity index (χ1n) is 4.81. The molecule has 1 aromatic heterocycles. The Morgan fingerprint density at radius 1 is 1.47 bits per heavy atom. The number of rotatable bonds is 6. The Kier molecular flexibility index (Phi) is 4.84. The SMILES string of the molecule is COCC(Nc1nnc(CCl)o1)C(C)C. The van der Waals surface area contributed by atoms with Gasteiger partial charge in [-0.05, 0) is 5.92 Å². The van der Waals surface area contributed by atoms with Crippen LogP contribution in [0.1, 0.15) is 19.7 Å². The molecule has 0 saturated carbocycles. The van der Waals surface area contributed by atoms with Crippen LogP contribution in [-0.2, 0) is 10.6 Å². The molecule has 0 bridgehead atoms. The van der Waals surface area contributed by atoms with Crippen LogP contribution in [0.25, 0.3) is 0 Å². The molecule has 15 heavy (non-hydrogen) atoms. The second kappa shape index (κ2) is 5.92. The molecule has 6 heteroatoms. The highest BCUT2D eigenvalue weighted by Gasteiger charge is 2.15. The van der Waals surface area contributed by atoms with Gasteiger partial charge in [-0.15, -0.1) is 16.7 Å². The van der Waals surface area contributed by atoms with Gasteiger partial charge in [-0.25, -0.2) is 0 Å². The normalized spacial score (nSPS) is 13.1. The lowest BCUT2D eigenvalue weighted by molar-refractivity contribution is 0.170. The maximum Gasteiger partial charge on any atom is 0.315 e. The summed E-state index contributed by atoms with van der Waals surface area (Å²) in [5.74, 6) is 1.06. The minimum absolute atomic E-state index is 0.152.